The maximum absolute atomic E-state index is 5.49. The van der Waals surface area contributed by atoms with Crippen LogP contribution in [0.1, 0.15) is 20.3 Å². The van der Waals surface area contributed by atoms with Crippen LogP contribution < -0.4 is 0 Å². The minimum atomic E-state index is -0.134. The van der Waals surface area contributed by atoms with E-state index in [1.54, 1.807) is 0 Å². The summed E-state index contributed by atoms with van der Waals surface area (Å²) in [6, 6.07) is -0.134. The smallest absolute Gasteiger partial charge is 0.251 e. The molecule has 0 saturated carbocycles. The normalized spacial score (nSPS) is 41.9. The van der Waals surface area contributed by atoms with E-state index in [1.807, 2.05) is 0 Å². The summed E-state index contributed by atoms with van der Waals surface area (Å²) in [7, 11) is 2.53. The van der Waals surface area contributed by atoms with Crippen LogP contribution in [0.5, 0.6) is 0 Å². The molecule has 1 aliphatic heterocycles. The zero-order valence-corrected chi connectivity index (χ0v) is 7.99. The van der Waals surface area contributed by atoms with Gasteiger partial charge in [0.05, 0.1) is 0 Å². The van der Waals surface area contributed by atoms with E-state index in [1.165, 1.54) is 6.42 Å². The lowest BCUT2D eigenvalue weighted by atomic mass is 10.1. The van der Waals surface area contributed by atoms with E-state index in [2.05, 4.69) is 23.1 Å². The van der Waals surface area contributed by atoms with Crippen LogP contribution in [0.2, 0.25) is 0 Å². The minimum Gasteiger partial charge on any atom is -0.452 e. The summed E-state index contributed by atoms with van der Waals surface area (Å²) < 4.78 is 11.0. The second kappa shape index (κ2) is 2.38. The minimum absolute atomic E-state index is 0.134. The first-order valence-electron chi connectivity index (χ1n) is 4.01. The van der Waals surface area contributed by atoms with Gasteiger partial charge in [-0.05, 0) is 15.7 Å². The molecule has 0 aromatic heterocycles. The second-order valence-corrected chi connectivity index (χ2v) is 3.91. The lowest BCUT2D eigenvalue weighted by Crippen LogP contribution is -2.06. The Morgan fingerprint density at radius 2 is 1.64 bits per heavy atom. The molecule has 62 valence electrons. The van der Waals surface area contributed by atoms with E-state index < -0.39 is 0 Å². The van der Waals surface area contributed by atoms with Crippen LogP contribution in [0, 0.1) is 11.8 Å². The van der Waals surface area contributed by atoms with Crippen LogP contribution in [-0.4, -0.2) is 6.03 Å². The Kier molecular flexibility index (Phi) is 1.61. The van der Waals surface area contributed by atoms with E-state index in [4.69, 9.17) is 9.47 Å². The standard InChI is InChI=1S/C8H13O2P/c1-4-3-5(2)7-6(4)9-8(11)10-7/h4-5,8H,3,11H2,1-2H3. The topological polar surface area (TPSA) is 18.5 Å². The molecule has 2 rings (SSSR count). The van der Waals surface area contributed by atoms with Gasteiger partial charge >= 0.3 is 0 Å². The van der Waals surface area contributed by atoms with Crippen molar-refractivity contribution in [1.29, 1.82) is 0 Å². The summed E-state index contributed by atoms with van der Waals surface area (Å²) in [5, 5.41) is 0. The highest BCUT2D eigenvalue weighted by Crippen LogP contribution is 2.43. The number of hydrogen-bond donors (Lipinski definition) is 0. The molecule has 1 heterocycles. The zero-order valence-electron chi connectivity index (χ0n) is 6.83. The highest BCUT2D eigenvalue weighted by atomic mass is 31.0. The Morgan fingerprint density at radius 3 is 2.09 bits per heavy atom. The lowest BCUT2D eigenvalue weighted by molar-refractivity contribution is 0.0134. The maximum atomic E-state index is 5.49. The number of ether oxygens (including phenoxy) is 2. The summed E-state index contributed by atoms with van der Waals surface area (Å²) in [5.74, 6) is 3.26. The molecule has 0 radical (unpaired) electrons. The molecule has 0 amide bonds. The molecule has 3 atom stereocenters. The van der Waals surface area contributed by atoms with Gasteiger partial charge < -0.3 is 9.47 Å². The first kappa shape index (κ1) is 7.42. The molecule has 0 aromatic rings. The van der Waals surface area contributed by atoms with Crippen molar-refractivity contribution in [3.63, 3.8) is 0 Å². The van der Waals surface area contributed by atoms with Crippen molar-refractivity contribution in [3.8, 4) is 0 Å². The van der Waals surface area contributed by atoms with Crippen molar-refractivity contribution in [3.05, 3.63) is 11.5 Å². The SMILES string of the molecule is CC1CC(C)C2=C1OC(P)O2. The largest absolute Gasteiger partial charge is 0.452 e. The Labute approximate surface area is 69.1 Å². The summed E-state index contributed by atoms with van der Waals surface area (Å²) in [4.78, 5) is 0. The zero-order chi connectivity index (χ0) is 8.01. The molecule has 0 aromatic carbocycles. The van der Waals surface area contributed by atoms with Crippen molar-refractivity contribution < 1.29 is 9.47 Å². The van der Waals surface area contributed by atoms with Gasteiger partial charge in [0.2, 0.25) is 0 Å². The summed E-state index contributed by atoms with van der Waals surface area (Å²) in [6.07, 6.45) is 1.17. The molecule has 0 saturated heterocycles. The monoisotopic (exact) mass is 172 g/mol. The van der Waals surface area contributed by atoms with Gasteiger partial charge in [-0.3, -0.25) is 0 Å². The Morgan fingerprint density at radius 1 is 1.18 bits per heavy atom. The van der Waals surface area contributed by atoms with Gasteiger partial charge in [-0.15, -0.1) is 0 Å². The molecule has 0 N–H and O–H groups in total. The summed E-state index contributed by atoms with van der Waals surface area (Å²) >= 11 is 0. The fraction of sp³-hybridized carbons (Fsp3) is 0.750. The first-order chi connectivity index (χ1) is 5.18. The van der Waals surface area contributed by atoms with Gasteiger partial charge in [0.25, 0.3) is 6.03 Å². The van der Waals surface area contributed by atoms with Gasteiger partial charge in [-0.25, -0.2) is 0 Å². The van der Waals surface area contributed by atoms with Crippen LogP contribution in [0.4, 0.5) is 0 Å². The molecular formula is C8H13O2P. The number of allylic oxidation sites excluding steroid dienone is 2. The quantitative estimate of drug-likeness (QED) is 0.521. The fourth-order valence-corrected chi connectivity index (χ4v) is 2.15. The lowest BCUT2D eigenvalue weighted by Gasteiger charge is -2.13. The first-order valence-corrected chi connectivity index (χ1v) is 4.68. The predicted molar refractivity (Wildman–Crippen MR) is 45.6 cm³/mol. The van der Waals surface area contributed by atoms with E-state index in [0.29, 0.717) is 11.8 Å². The molecule has 2 aliphatic rings. The Balaban J connectivity index is 2.23. The molecular weight excluding hydrogens is 159 g/mol. The third-order valence-electron chi connectivity index (χ3n) is 2.33. The molecule has 0 spiro atoms. The molecule has 1 aliphatic carbocycles. The molecule has 0 bridgehead atoms. The predicted octanol–water partition coefficient (Wildman–Crippen LogP) is 2.08. The summed E-state index contributed by atoms with van der Waals surface area (Å²) in [6.45, 7) is 4.37. The van der Waals surface area contributed by atoms with Crippen LogP contribution in [-0.2, 0) is 9.47 Å². The third kappa shape index (κ3) is 1.04. The van der Waals surface area contributed by atoms with E-state index >= 15 is 0 Å². The summed E-state index contributed by atoms with van der Waals surface area (Å²) in [5.41, 5.74) is 0. The van der Waals surface area contributed by atoms with E-state index in [-0.39, 0.29) is 6.03 Å². The van der Waals surface area contributed by atoms with Crippen LogP contribution in [0.15, 0.2) is 11.5 Å². The molecule has 3 heteroatoms. The van der Waals surface area contributed by atoms with Crippen molar-refractivity contribution in [2.24, 2.45) is 11.8 Å². The second-order valence-electron chi connectivity index (χ2n) is 3.37. The van der Waals surface area contributed by atoms with Crippen molar-refractivity contribution in [1.82, 2.24) is 0 Å². The number of hydrogen-bond acceptors (Lipinski definition) is 2. The van der Waals surface area contributed by atoms with Crippen molar-refractivity contribution in [2.75, 3.05) is 0 Å². The highest BCUT2D eigenvalue weighted by Gasteiger charge is 2.37. The highest BCUT2D eigenvalue weighted by molar-refractivity contribution is 7.17. The maximum Gasteiger partial charge on any atom is 0.251 e. The number of rotatable bonds is 0. The van der Waals surface area contributed by atoms with E-state index in [9.17, 15) is 0 Å². The molecule has 11 heavy (non-hydrogen) atoms. The molecule has 0 fully saturated rings. The average molecular weight is 172 g/mol. The van der Waals surface area contributed by atoms with Crippen LogP contribution in [0.3, 0.4) is 0 Å². The van der Waals surface area contributed by atoms with Gasteiger partial charge in [-0.1, -0.05) is 13.8 Å². The average Bonchev–Trinajstić information content (AvgIpc) is 2.38. The van der Waals surface area contributed by atoms with Gasteiger partial charge in [0.15, 0.2) is 0 Å². The van der Waals surface area contributed by atoms with Gasteiger partial charge in [-0.2, -0.15) is 0 Å². The van der Waals surface area contributed by atoms with Crippen molar-refractivity contribution in [2.45, 2.75) is 26.3 Å². The van der Waals surface area contributed by atoms with Crippen LogP contribution in [0.25, 0.3) is 0 Å². The van der Waals surface area contributed by atoms with Crippen molar-refractivity contribution >= 4 is 9.24 Å². The van der Waals surface area contributed by atoms with Gasteiger partial charge in [0.1, 0.15) is 11.5 Å². The Bertz CT molecular complexity index is 192. The Hall–Kier alpha value is -0.230. The van der Waals surface area contributed by atoms with Gasteiger partial charge in [0, 0.05) is 11.8 Å². The van der Waals surface area contributed by atoms with E-state index in [0.717, 1.165) is 11.5 Å². The molecule has 3 unspecified atom stereocenters. The molecule has 2 nitrogen and oxygen atoms in total. The van der Waals surface area contributed by atoms with Crippen LogP contribution >= 0.6 is 9.24 Å². The fourth-order valence-electron chi connectivity index (χ4n) is 1.85. The third-order valence-corrected chi connectivity index (χ3v) is 2.60.